The number of anilines is 1. The van der Waals surface area contributed by atoms with Crippen molar-refractivity contribution in [1.29, 1.82) is 0 Å². The van der Waals surface area contributed by atoms with Gasteiger partial charge in [0.25, 0.3) is 0 Å². The molecule has 1 N–H and O–H groups in total. The number of hydrogen-bond acceptors (Lipinski definition) is 4. The van der Waals surface area contributed by atoms with Gasteiger partial charge in [0.2, 0.25) is 0 Å². The van der Waals surface area contributed by atoms with Crippen LogP contribution in [0.25, 0.3) is 5.82 Å². The zero-order valence-electron chi connectivity index (χ0n) is 12.2. The first-order valence-corrected chi connectivity index (χ1v) is 7.94. The molecule has 5 nitrogen and oxygen atoms in total. The van der Waals surface area contributed by atoms with Crippen LogP contribution in [0.4, 0.5) is 5.82 Å². The van der Waals surface area contributed by atoms with E-state index in [2.05, 4.69) is 20.4 Å². The van der Waals surface area contributed by atoms with E-state index in [1.54, 1.807) is 23.3 Å². The summed E-state index contributed by atoms with van der Waals surface area (Å²) in [4.78, 5) is 8.80. The predicted molar refractivity (Wildman–Crippen MR) is 81.2 cm³/mol. The number of hydrogen-bond donors (Lipinski definition) is 1. The summed E-state index contributed by atoms with van der Waals surface area (Å²) in [7, 11) is 0. The third-order valence-electron chi connectivity index (χ3n) is 5.07. The van der Waals surface area contributed by atoms with Crippen molar-refractivity contribution in [2.75, 3.05) is 11.9 Å². The molecule has 2 aliphatic carbocycles. The average Bonchev–Trinajstić information content (AvgIpc) is 3.25. The van der Waals surface area contributed by atoms with Crippen LogP contribution < -0.4 is 5.32 Å². The highest BCUT2D eigenvalue weighted by atomic mass is 15.3. The van der Waals surface area contributed by atoms with E-state index in [9.17, 15) is 0 Å². The van der Waals surface area contributed by atoms with E-state index in [1.807, 2.05) is 12.3 Å². The lowest BCUT2D eigenvalue weighted by molar-refractivity contribution is 0.321. The van der Waals surface area contributed by atoms with Crippen LogP contribution in [-0.2, 0) is 0 Å². The molecule has 0 amide bonds. The van der Waals surface area contributed by atoms with Crippen molar-refractivity contribution in [2.45, 2.75) is 32.1 Å². The summed E-state index contributed by atoms with van der Waals surface area (Å²) in [5.41, 5.74) is 0. The molecule has 4 rings (SSSR count). The van der Waals surface area contributed by atoms with Crippen LogP contribution in [-0.4, -0.2) is 26.3 Å². The van der Waals surface area contributed by atoms with Crippen molar-refractivity contribution in [1.82, 2.24) is 19.7 Å². The Hall–Kier alpha value is -1.91. The highest BCUT2D eigenvalue weighted by molar-refractivity contribution is 5.35. The first kappa shape index (κ1) is 12.8. The van der Waals surface area contributed by atoms with Crippen LogP contribution in [0.2, 0.25) is 0 Å². The molecular weight excluding hydrogens is 262 g/mol. The molecule has 2 bridgehead atoms. The average molecular weight is 283 g/mol. The summed E-state index contributed by atoms with van der Waals surface area (Å²) in [5, 5.41) is 7.60. The Labute approximate surface area is 124 Å². The Kier molecular flexibility index (Phi) is 3.33. The first-order valence-electron chi connectivity index (χ1n) is 7.94. The SMILES string of the molecule is c1cnn(-c2cncc(NCC[C@@H]3C[C@H]4CC[C@H]3C4)n2)c1. The molecule has 2 heterocycles. The second-order valence-electron chi connectivity index (χ2n) is 6.36. The molecule has 0 saturated heterocycles. The predicted octanol–water partition coefficient (Wildman–Crippen LogP) is 2.90. The number of nitrogens with zero attached hydrogens (tertiary/aromatic N) is 4. The van der Waals surface area contributed by atoms with Gasteiger partial charge in [0, 0.05) is 18.9 Å². The lowest BCUT2D eigenvalue weighted by atomic mass is 9.86. The summed E-state index contributed by atoms with van der Waals surface area (Å²) >= 11 is 0. The van der Waals surface area contributed by atoms with Crippen molar-refractivity contribution in [2.24, 2.45) is 17.8 Å². The van der Waals surface area contributed by atoms with Crippen LogP contribution in [0, 0.1) is 17.8 Å². The molecule has 0 spiro atoms. The van der Waals surface area contributed by atoms with E-state index >= 15 is 0 Å². The highest BCUT2D eigenvalue weighted by Gasteiger charge is 2.38. The van der Waals surface area contributed by atoms with Crippen molar-refractivity contribution in [3.63, 3.8) is 0 Å². The van der Waals surface area contributed by atoms with Crippen molar-refractivity contribution >= 4 is 5.82 Å². The fourth-order valence-corrected chi connectivity index (χ4v) is 4.07. The van der Waals surface area contributed by atoms with E-state index in [0.717, 1.165) is 35.9 Å². The molecule has 110 valence electrons. The van der Waals surface area contributed by atoms with E-state index in [1.165, 1.54) is 32.1 Å². The van der Waals surface area contributed by atoms with E-state index in [-0.39, 0.29) is 0 Å². The minimum absolute atomic E-state index is 0.755. The van der Waals surface area contributed by atoms with Gasteiger partial charge in [0.1, 0.15) is 5.82 Å². The quantitative estimate of drug-likeness (QED) is 0.916. The molecule has 2 saturated carbocycles. The van der Waals surface area contributed by atoms with Gasteiger partial charge < -0.3 is 5.32 Å². The first-order chi connectivity index (χ1) is 10.4. The van der Waals surface area contributed by atoms with Gasteiger partial charge in [0.15, 0.2) is 5.82 Å². The van der Waals surface area contributed by atoms with Crippen LogP contribution in [0.15, 0.2) is 30.9 Å². The van der Waals surface area contributed by atoms with Gasteiger partial charge in [0.05, 0.1) is 12.4 Å². The largest absolute Gasteiger partial charge is 0.369 e. The Balaban J connectivity index is 1.34. The van der Waals surface area contributed by atoms with Gasteiger partial charge in [-0.2, -0.15) is 5.10 Å². The smallest absolute Gasteiger partial charge is 0.173 e. The minimum Gasteiger partial charge on any atom is -0.369 e. The molecule has 2 fully saturated rings. The zero-order chi connectivity index (χ0) is 14.1. The summed E-state index contributed by atoms with van der Waals surface area (Å²) < 4.78 is 1.73. The van der Waals surface area contributed by atoms with Crippen LogP contribution in [0.3, 0.4) is 0 Å². The van der Waals surface area contributed by atoms with E-state index in [0.29, 0.717) is 0 Å². The van der Waals surface area contributed by atoms with Crippen LogP contribution >= 0.6 is 0 Å². The molecule has 2 aromatic rings. The Morgan fingerprint density at radius 3 is 3.00 bits per heavy atom. The molecule has 0 aliphatic heterocycles. The Morgan fingerprint density at radius 1 is 1.24 bits per heavy atom. The Bertz CT molecular complexity index is 594. The topological polar surface area (TPSA) is 55.6 Å². The maximum absolute atomic E-state index is 4.55. The molecule has 0 unspecified atom stereocenters. The third-order valence-corrected chi connectivity index (χ3v) is 5.07. The standard InChI is InChI=1S/C16H21N5/c1-5-19-21(7-1)16-11-17-10-15(20-16)18-6-4-14-9-12-2-3-13(14)8-12/h1,5,7,10-14H,2-4,6,8-9H2,(H,18,20)/t12-,13-,14+/m0/s1. The molecule has 0 aromatic carbocycles. The van der Waals surface area contributed by atoms with Gasteiger partial charge in [-0.1, -0.05) is 6.42 Å². The number of nitrogens with one attached hydrogen (secondary N) is 1. The van der Waals surface area contributed by atoms with Gasteiger partial charge in [-0.15, -0.1) is 0 Å². The monoisotopic (exact) mass is 283 g/mol. The normalized spacial score (nSPS) is 27.1. The second kappa shape index (κ2) is 5.47. The molecule has 21 heavy (non-hydrogen) atoms. The number of aromatic nitrogens is 4. The summed E-state index contributed by atoms with van der Waals surface area (Å²) in [6.07, 6.45) is 14.3. The van der Waals surface area contributed by atoms with Gasteiger partial charge in [-0.3, -0.25) is 4.98 Å². The zero-order valence-corrected chi connectivity index (χ0v) is 12.2. The molecular formula is C16H21N5. The maximum atomic E-state index is 4.55. The van der Waals surface area contributed by atoms with Crippen LogP contribution in [0.5, 0.6) is 0 Å². The second-order valence-corrected chi connectivity index (χ2v) is 6.36. The lowest BCUT2D eigenvalue weighted by Crippen LogP contribution is -2.15. The van der Waals surface area contributed by atoms with Gasteiger partial charge >= 0.3 is 0 Å². The van der Waals surface area contributed by atoms with E-state index in [4.69, 9.17) is 0 Å². The molecule has 5 heteroatoms. The van der Waals surface area contributed by atoms with Crippen molar-refractivity contribution < 1.29 is 0 Å². The summed E-state index contributed by atoms with van der Waals surface area (Å²) in [5.74, 6) is 4.55. The maximum Gasteiger partial charge on any atom is 0.173 e. The fraction of sp³-hybridized carbons (Fsp3) is 0.562. The van der Waals surface area contributed by atoms with Crippen molar-refractivity contribution in [3.8, 4) is 5.82 Å². The highest BCUT2D eigenvalue weighted by Crippen LogP contribution is 2.49. The third kappa shape index (κ3) is 2.64. The summed E-state index contributed by atoms with van der Waals surface area (Å²) in [6, 6.07) is 1.89. The summed E-state index contributed by atoms with van der Waals surface area (Å²) in [6.45, 7) is 0.991. The molecule has 3 atom stereocenters. The number of fused-ring (bicyclic) bond motifs is 2. The molecule has 0 radical (unpaired) electrons. The van der Waals surface area contributed by atoms with Gasteiger partial charge in [-0.25, -0.2) is 9.67 Å². The number of rotatable bonds is 5. The Morgan fingerprint density at radius 2 is 2.24 bits per heavy atom. The van der Waals surface area contributed by atoms with Crippen LogP contribution in [0.1, 0.15) is 32.1 Å². The lowest BCUT2D eigenvalue weighted by Gasteiger charge is -2.21. The van der Waals surface area contributed by atoms with E-state index < -0.39 is 0 Å². The van der Waals surface area contributed by atoms with Crippen molar-refractivity contribution in [3.05, 3.63) is 30.9 Å². The minimum atomic E-state index is 0.755. The van der Waals surface area contributed by atoms with Gasteiger partial charge in [-0.05, 0) is 49.5 Å². The molecule has 2 aromatic heterocycles. The fourth-order valence-electron chi connectivity index (χ4n) is 4.07. The molecule has 2 aliphatic rings.